The van der Waals surface area contributed by atoms with E-state index in [1.807, 2.05) is 0 Å². The smallest absolute Gasteiger partial charge is 0.383 e. The standard InChI is InChI=1S/C21H28O6/c1-3-4-5-6-7-8-9-10-14-25-20-19(26-15(2)22)16-12-11-13-17(23)18(16)27-21(20)24/h11-13,23H,3-10,14H2,1-2H3. The van der Waals surface area contributed by atoms with Crippen molar-refractivity contribution in [2.75, 3.05) is 6.61 Å². The lowest BCUT2D eigenvalue weighted by Gasteiger charge is -2.12. The molecule has 1 N–H and O–H groups in total. The van der Waals surface area contributed by atoms with Crippen LogP contribution in [0.2, 0.25) is 0 Å². The van der Waals surface area contributed by atoms with Gasteiger partial charge in [-0.2, -0.15) is 0 Å². The molecule has 6 heteroatoms. The quantitative estimate of drug-likeness (QED) is 0.339. The number of aromatic hydroxyl groups is 1. The lowest BCUT2D eigenvalue weighted by Crippen LogP contribution is -2.13. The van der Waals surface area contributed by atoms with E-state index in [-0.39, 0.29) is 22.8 Å². The highest BCUT2D eigenvalue weighted by molar-refractivity contribution is 5.91. The molecule has 0 aliphatic rings. The second kappa shape index (κ2) is 10.6. The van der Waals surface area contributed by atoms with Crippen LogP contribution in [0.1, 0.15) is 65.2 Å². The number of ether oxygens (including phenoxy) is 2. The van der Waals surface area contributed by atoms with Crippen molar-refractivity contribution in [2.45, 2.75) is 65.2 Å². The van der Waals surface area contributed by atoms with Gasteiger partial charge < -0.3 is 19.0 Å². The van der Waals surface area contributed by atoms with Crippen molar-refractivity contribution in [3.05, 3.63) is 28.6 Å². The molecule has 1 aromatic carbocycles. The summed E-state index contributed by atoms with van der Waals surface area (Å²) >= 11 is 0. The average molecular weight is 376 g/mol. The molecule has 0 aliphatic carbocycles. The highest BCUT2D eigenvalue weighted by Crippen LogP contribution is 2.36. The molecule has 0 saturated carbocycles. The topological polar surface area (TPSA) is 86.0 Å². The van der Waals surface area contributed by atoms with Crippen LogP contribution in [0.3, 0.4) is 0 Å². The molecule has 0 radical (unpaired) electrons. The summed E-state index contributed by atoms with van der Waals surface area (Å²) in [5, 5.41) is 10.2. The first-order valence-corrected chi connectivity index (χ1v) is 9.64. The monoisotopic (exact) mass is 376 g/mol. The Kier molecular flexibility index (Phi) is 8.17. The number of carbonyl (C=O) groups excluding carboxylic acids is 1. The van der Waals surface area contributed by atoms with Crippen LogP contribution >= 0.6 is 0 Å². The normalized spacial score (nSPS) is 10.9. The number of carbonyl (C=O) groups is 1. The van der Waals surface area contributed by atoms with Gasteiger partial charge in [-0.25, -0.2) is 4.79 Å². The van der Waals surface area contributed by atoms with Crippen LogP contribution in [0.4, 0.5) is 0 Å². The largest absolute Gasteiger partial charge is 0.504 e. The lowest BCUT2D eigenvalue weighted by atomic mass is 10.1. The molecule has 2 rings (SSSR count). The Bertz CT molecular complexity index is 808. The summed E-state index contributed by atoms with van der Waals surface area (Å²) in [6.45, 7) is 3.77. The minimum Gasteiger partial charge on any atom is -0.504 e. The molecular weight excluding hydrogens is 348 g/mol. The fourth-order valence-electron chi connectivity index (χ4n) is 2.94. The van der Waals surface area contributed by atoms with Crippen LogP contribution in [-0.2, 0) is 4.79 Å². The van der Waals surface area contributed by atoms with Gasteiger partial charge in [-0.1, -0.05) is 57.9 Å². The Balaban J connectivity index is 2.01. The summed E-state index contributed by atoms with van der Waals surface area (Å²) in [4.78, 5) is 23.7. The van der Waals surface area contributed by atoms with E-state index in [1.54, 1.807) is 12.1 Å². The van der Waals surface area contributed by atoms with Crippen molar-refractivity contribution in [2.24, 2.45) is 0 Å². The second-order valence-corrected chi connectivity index (χ2v) is 6.62. The van der Waals surface area contributed by atoms with Crippen molar-refractivity contribution >= 4 is 16.9 Å². The van der Waals surface area contributed by atoms with Gasteiger partial charge in [-0.15, -0.1) is 0 Å². The maximum Gasteiger partial charge on any atom is 0.383 e. The Morgan fingerprint density at radius 1 is 1.04 bits per heavy atom. The molecule has 0 spiro atoms. The number of benzene rings is 1. The number of rotatable bonds is 11. The number of esters is 1. The molecule has 148 valence electrons. The summed E-state index contributed by atoms with van der Waals surface area (Å²) in [7, 11) is 0. The molecule has 0 amide bonds. The molecular formula is C21H28O6. The third-order valence-electron chi connectivity index (χ3n) is 4.32. The number of phenolic OH excluding ortho intramolecular Hbond substituents is 1. The first-order valence-electron chi connectivity index (χ1n) is 9.64. The molecule has 0 unspecified atom stereocenters. The van der Waals surface area contributed by atoms with Crippen LogP contribution in [-0.4, -0.2) is 17.7 Å². The molecule has 0 fully saturated rings. The van der Waals surface area contributed by atoms with Gasteiger partial charge in [0.05, 0.1) is 12.0 Å². The number of unbranched alkanes of at least 4 members (excludes halogenated alkanes) is 7. The van der Waals surface area contributed by atoms with E-state index in [0.717, 1.165) is 19.3 Å². The molecule has 1 heterocycles. The van der Waals surface area contributed by atoms with Crippen molar-refractivity contribution in [1.82, 2.24) is 0 Å². The van der Waals surface area contributed by atoms with Gasteiger partial charge in [-0.05, 0) is 18.6 Å². The molecule has 0 aliphatic heterocycles. The number of hydrogen-bond donors (Lipinski definition) is 1. The summed E-state index contributed by atoms with van der Waals surface area (Å²) in [6, 6.07) is 4.57. The van der Waals surface area contributed by atoms with Crippen LogP contribution in [0.15, 0.2) is 27.4 Å². The first kappa shape index (κ1) is 20.8. The predicted octanol–water partition coefficient (Wildman–Crippen LogP) is 4.94. The maximum atomic E-state index is 12.3. The van der Waals surface area contributed by atoms with E-state index >= 15 is 0 Å². The molecule has 0 atom stereocenters. The van der Waals surface area contributed by atoms with Crippen molar-refractivity contribution in [3.63, 3.8) is 0 Å². The second-order valence-electron chi connectivity index (χ2n) is 6.62. The number of fused-ring (bicyclic) bond motifs is 1. The molecule has 2 aromatic rings. The van der Waals surface area contributed by atoms with E-state index < -0.39 is 11.6 Å². The van der Waals surface area contributed by atoms with Gasteiger partial charge in [0.2, 0.25) is 5.75 Å². The fraction of sp³-hybridized carbons (Fsp3) is 0.524. The van der Waals surface area contributed by atoms with Gasteiger partial charge >= 0.3 is 11.6 Å². The third kappa shape index (κ3) is 6.01. The van der Waals surface area contributed by atoms with Crippen LogP contribution < -0.4 is 15.1 Å². The highest BCUT2D eigenvalue weighted by atomic mass is 16.6. The van der Waals surface area contributed by atoms with Crippen LogP contribution in [0.25, 0.3) is 11.0 Å². The molecule has 0 saturated heterocycles. The Labute approximate surface area is 159 Å². The zero-order valence-corrected chi connectivity index (χ0v) is 16.1. The maximum absolute atomic E-state index is 12.3. The van der Waals surface area contributed by atoms with Gasteiger partial charge in [-0.3, -0.25) is 4.79 Å². The van der Waals surface area contributed by atoms with E-state index in [9.17, 15) is 14.7 Å². The van der Waals surface area contributed by atoms with Crippen molar-refractivity contribution in [1.29, 1.82) is 0 Å². The summed E-state index contributed by atoms with van der Waals surface area (Å²) in [6.07, 6.45) is 9.20. The Morgan fingerprint density at radius 3 is 2.37 bits per heavy atom. The van der Waals surface area contributed by atoms with Gasteiger partial charge in [0.25, 0.3) is 0 Å². The highest BCUT2D eigenvalue weighted by Gasteiger charge is 2.20. The lowest BCUT2D eigenvalue weighted by molar-refractivity contribution is -0.131. The zero-order chi connectivity index (χ0) is 19.6. The molecule has 27 heavy (non-hydrogen) atoms. The van der Waals surface area contributed by atoms with Gasteiger partial charge in [0.15, 0.2) is 17.1 Å². The minimum atomic E-state index is -0.778. The predicted molar refractivity (Wildman–Crippen MR) is 104 cm³/mol. The van der Waals surface area contributed by atoms with Crippen LogP contribution in [0, 0.1) is 0 Å². The van der Waals surface area contributed by atoms with E-state index in [4.69, 9.17) is 13.9 Å². The zero-order valence-electron chi connectivity index (χ0n) is 16.1. The molecule has 0 bridgehead atoms. The average Bonchev–Trinajstić information content (AvgIpc) is 2.63. The summed E-state index contributed by atoms with van der Waals surface area (Å²) in [5.74, 6) is -0.926. The molecule has 1 aromatic heterocycles. The van der Waals surface area contributed by atoms with Gasteiger partial charge in [0, 0.05) is 6.92 Å². The van der Waals surface area contributed by atoms with Crippen molar-refractivity contribution in [3.8, 4) is 17.2 Å². The van der Waals surface area contributed by atoms with E-state index in [1.165, 1.54) is 45.1 Å². The van der Waals surface area contributed by atoms with Crippen molar-refractivity contribution < 1.29 is 23.8 Å². The molecule has 6 nitrogen and oxygen atoms in total. The van der Waals surface area contributed by atoms with E-state index in [2.05, 4.69) is 6.92 Å². The number of para-hydroxylation sites is 1. The first-order chi connectivity index (χ1) is 13.0. The Hall–Kier alpha value is -2.50. The summed E-state index contributed by atoms with van der Waals surface area (Å²) in [5.41, 5.74) is -0.807. The SMILES string of the molecule is CCCCCCCCCCOc1c(OC(C)=O)c2cccc(O)c2oc1=O. The minimum absolute atomic E-state index is 0.00999. The number of phenols is 1. The fourth-order valence-corrected chi connectivity index (χ4v) is 2.94. The van der Waals surface area contributed by atoms with E-state index in [0.29, 0.717) is 12.0 Å². The summed E-state index contributed by atoms with van der Waals surface area (Å²) < 4.78 is 15.9. The number of hydrogen-bond acceptors (Lipinski definition) is 6. The van der Waals surface area contributed by atoms with Crippen LogP contribution in [0.5, 0.6) is 17.2 Å². The third-order valence-corrected chi connectivity index (χ3v) is 4.32. The van der Waals surface area contributed by atoms with Gasteiger partial charge in [0.1, 0.15) is 0 Å². The Morgan fingerprint density at radius 2 is 1.70 bits per heavy atom.